The molecule has 1 aromatic rings. The van der Waals surface area contributed by atoms with Gasteiger partial charge in [0.1, 0.15) is 0 Å². The fourth-order valence-electron chi connectivity index (χ4n) is 0.791. The van der Waals surface area contributed by atoms with Crippen LogP contribution >= 0.6 is 0 Å². The maximum Gasteiger partial charge on any atom is 0.451 e. The zero-order valence-corrected chi connectivity index (χ0v) is 6.53. The van der Waals surface area contributed by atoms with E-state index in [-0.39, 0.29) is 0 Å². The van der Waals surface area contributed by atoms with Crippen LogP contribution in [0.15, 0.2) is 30.3 Å². The van der Waals surface area contributed by atoms with Gasteiger partial charge in [-0.1, -0.05) is 30.3 Å². The van der Waals surface area contributed by atoms with E-state index in [0.29, 0.717) is 6.61 Å². The molecule has 0 aliphatic rings. The quantitative estimate of drug-likeness (QED) is 0.658. The highest BCUT2D eigenvalue weighted by Gasteiger charge is 2.01. The van der Waals surface area contributed by atoms with Crippen molar-refractivity contribution in [1.82, 2.24) is 0 Å². The number of benzene rings is 1. The molecule has 0 aromatic heterocycles. The Kier molecular flexibility index (Phi) is 3.14. The van der Waals surface area contributed by atoms with Crippen LogP contribution in [0.1, 0.15) is 5.56 Å². The Bertz CT molecular complexity index is 199. The Hall–Kier alpha value is -0.795. The smallest absolute Gasteiger partial charge is 0.427 e. The van der Waals surface area contributed by atoms with E-state index in [1.165, 1.54) is 0 Å². The molecule has 11 heavy (non-hydrogen) atoms. The predicted molar refractivity (Wildman–Crippen MR) is 45.1 cm³/mol. The Balaban J connectivity index is 2.39. The Morgan fingerprint density at radius 2 is 2.00 bits per heavy atom. The molecule has 1 rings (SSSR count). The van der Waals surface area contributed by atoms with Gasteiger partial charge in [-0.05, 0) is 12.4 Å². The second-order valence-electron chi connectivity index (χ2n) is 2.40. The van der Waals surface area contributed by atoms with Gasteiger partial charge in [0.2, 0.25) is 0 Å². The maximum absolute atomic E-state index is 8.79. The summed E-state index contributed by atoms with van der Waals surface area (Å²) in [5.41, 5.74) is 1.08. The lowest BCUT2D eigenvalue weighted by Gasteiger charge is -2.02. The molecule has 58 valence electrons. The van der Waals surface area contributed by atoms with E-state index in [4.69, 9.17) is 9.68 Å². The molecular weight excluding hydrogens is 139 g/mol. The Labute approximate surface area is 67.0 Å². The van der Waals surface area contributed by atoms with E-state index in [1.54, 1.807) is 6.82 Å². The van der Waals surface area contributed by atoms with E-state index >= 15 is 0 Å². The van der Waals surface area contributed by atoms with Gasteiger partial charge in [-0.15, -0.1) is 0 Å². The molecule has 1 aromatic carbocycles. The molecule has 0 aliphatic carbocycles. The summed E-state index contributed by atoms with van der Waals surface area (Å²) in [7, 11) is -0.685. The number of hydrogen-bond donors (Lipinski definition) is 1. The second kappa shape index (κ2) is 4.16. The van der Waals surface area contributed by atoms with E-state index in [2.05, 4.69) is 0 Å². The van der Waals surface area contributed by atoms with Crippen molar-refractivity contribution in [3.63, 3.8) is 0 Å². The predicted octanol–water partition coefficient (Wildman–Crippen LogP) is 1.31. The summed E-state index contributed by atoms with van der Waals surface area (Å²) in [5, 5.41) is 8.79. The molecule has 0 fully saturated rings. The second-order valence-corrected chi connectivity index (χ2v) is 2.40. The highest BCUT2D eigenvalue weighted by atomic mass is 16.5. The third kappa shape index (κ3) is 3.21. The van der Waals surface area contributed by atoms with Gasteiger partial charge in [0.05, 0.1) is 6.61 Å². The van der Waals surface area contributed by atoms with Gasteiger partial charge in [-0.2, -0.15) is 0 Å². The van der Waals surface area contributed by atoms with Crippen LogP contribution in [0.2, 0.25) is 6.82 Å². The summed E-state index contributed by atoms with van der Waals surface area (Å²) < 4.78 is 4.98. The van der Waals surface area contributed by atoms with Crippen molar-refractivity contribution in [2.75, 3.05) is 0 Å². The van der Waals surface area contributed by atoms with Gasteiger partial charge in [-0.3, -0.25) is 0 Å². The van der Waals surface area contributed by atoms with Crippen molar-refractivity contribution in [3.05, 3.63) is 35.9 Å². The van der Waals surface area contributed by atoms with Gasteiger partial charge in [0.25, 0.3) is 0 Å². The first-order valence-corrected chi connectivity index (χ1v) is 3.62. The molecule has 2 nitrogen and oxygen atoms in total. The zero-order valence-electron chi connectivity index (χ0n) is 6.53. The molecule has 0 aliphatic heterocycles. The molecule has 0 unspecified atom stereocenters. The highest BCUT2D eigenvalue weighted by molar-refractivity contribution is 6.40. The molecule has 0 amide bonds. The largest absolute Gasteiger partial charge is 0.451 e. The van der Waals surface area contributed by atoms with Crippen molar-refractivity contribution in [2.45, 2.75) is 13.4 Å². The zero-order chi connectivity index (χ0) is 8.10. The fourth-order valence-corrected chi connectivity index (χ4v) is 0.791. The van der Waals surface area contributed by atoms with Crippen LogP contribution in [0.4, 0.5) is 0 Å². The number of hydrogen-bond acceptors (Lipinski definition) is 2. The molecule has 0 heterocycles. The lowest BCUT2D eigenvalue weighted by molar-refractivity contribution is 0.254. The maximum atomic E-state index is 8.79. The standard InChI is InChI=1S/C8H11BO2/c1-9(10)11-7-8-5-3-2-4-6-8/h2-6,10H,7H2,1H3. The van der Waals surface area contributed by atoms with Crippen molar-refractivity contribution in [3.8, 4) is 0 Å². The lowest BCUT2D eigenvalue weighted by atomic mass is 9.97. The first kappa shape index (κ1) is 8.30. The molecule has 0 atom stereocenters. The molecule has 0 saturated carbocycles. The highest BCUT2D eigenvalue weighted by Crippen LogP contribution is 2.00. The minimum Gasteiger partial charge on any atom is -0.427 e. The summed E-state index contributed by atoms with van der Waals surface area (Å²) in [6.45, 7) is 2.07. The Morgan fingerprint density at radius 1 is 1.36 bits per heavy atom. The van der Waals surface area contributed by atoms with Crippen LogP contribution in [0.25, 0.3) is 0 Å². The SMILES string of the molecule is CB(O)OCc1ccccc1. The van der Waals surface area contributed by atoms with Gasteiger partial charge < -0.3 is 9.68 Å². The van der Waals surface area contributed by atoms with Crippen molar-refractivity contribution >= 4 is 7.12 Å². The molecule has 0 bridgehead atoms. The van der Waals surface area contributed by atoms with Gasteiger partial charge >= 0.3 is 7.12 Å². The summed E-state index contributed by atoms with van der Waals surface area (Å²) in [4.78, 5) is 0. The van der Waals surface area contributed by atoms with Crippen LogP contribution < -0.4 is 0 Å². The summed E-state index contributed by atoms with van der Waals surface area (Å²) in [6, 6.07) is 9.76. The van der Waals surface area contributed by atoms with Crippen LogP contribution in [-0.2, 0) is 11.3 Å². The normalized spacial score (nSPS) is 9.64. The van der Waals surface area contributed by atoms with Gasteiger partial charge in [0, 0.05) is 0 Å². The summed E-state index contributed by atoms with van der Waals surface area (Å²) >= 11 is 0. The topological polar surface area (TPSA) is 29.5 Å². The van der Waals surface area contributed by atoms with E-state index in [0.717, 1.165) is 5.56 Å². The summed E-state index contributed by atoms with van der Waals surface area (Å²) in [6.07, 6.45) is 0. The lowest BCUT2D eigenvalue weighted by Crippen LogP contribution is -2.11. The first-order chi connectivity index (χ1) is 5.29. The fraction of sp³-hybridized carbons (Fsp3) is 0.250. The van der Waals surface area contributed by atoms with Gasteiger partial charge in [0.15, 0.2) is 0 Å². The van der Waals surface area contributed by atoms with Crippen molar-refractivity contribution in [1.29, 1.82) is 0 Å². The van der Waals surface area contributed by atoms with Crippen LogP contribution in [0.3, 0.4) is 0 Å². The molecule has 1 N–H and O–H groups in total. The van der Waals surface area contributed by atoms with E-state index in [1.807, 2.05) is 30.3 Å². The Morgan fingerprint density at radius 3 is 2.55 bits per heavy atom. The van der Waals surface area contributed by atoms with Crippen LogP contribution in [0, 0.1) is 0 Å². The van der Waals surface area contributed by atoms with Crippen molar-refractivity contribution in [2.24, 2.45) is 0 Å². The van der Waals surface area contributed by atoms with E-state index < -0.39 is 7.12 Å². The minimum atomic E-state index is -0.685. The molecule has 0 saturated heterocycles. The average Bonchev–Trinajstić information content (AvgIpc) is 2.03. The molecular formula is C8H11BO2. The van der Waals surface area contributed by atoms with Crippen LogP contribution in [-0.4, -0.2) is 12.1 Å². The van der Waals surface area contributed by atoms with E-state index in [9.17, 15) is 0 Å². The molecule has 3 heteroatoms. The third-order valence-electron chi connectivity index (χ3n) is 1.33. The molecule has 0 spiro atoms. The summed E-state index contributed by atoms with van der Waals surface area (Å²) in [5.74, 6) is 0. The number of rotatable bonds is 3. The third-order valence-corrected chi connectivity index (χ3v) is 1.33. The molecule has 0 radical (unpaired) electrons. The van der Waals surface area contributed by atoms with Crippen LogP contribution in [0.5, 0.6) is 0 Å². The monoisotopic (exact) mass is 150 g/mol. The van der Waals surface area contributed by atoms with Gasteiger partial charge in [-0.25, -0.2) is 0 Å². The minimum absolute atomic E-state index is 0.471. The average molecular weight is 150 g/mol. The first-order valence-electron chi connectivity index (χ1n) is 3.62. The van der Waals surface area contributed by atoms with Crippen molar-refractivity contribution < 1.29 is 9.68 Å².